The van der Waals surface area contributed by atoms with E-state index < -0.39 is 10.0 Å². The first-order chi connectivity index (χ1) is 12.4. The van der Waals surface area contributed by atoms with Gasteiger partial charge in [-0.3, -0.25) is 4.79 Å². The van der Waals surface area contributed by atoms with E-state index in [-0.39, 0.29) is 35.0 Å². The zero-order valence-corrected chi connectivity index (χ0v) is 17.6. The first-order valence-electron chi connectivity index (χ1n) is 9.42. The monoisotopic (exact) mass is 415 g/mol. The Kier molecular flexibility index (Phi) is 7.68. The molecule has 0 spiro atoms. The SMILES string of the molecule is Cc1ccc(S(=O)(=O)NCC2CCCN(C(=O)C(C)C3CNC3)C2)cc1.Cl. The predicted octanol–water partition coefficient (Wildman–Crippen LogP) is 1.79. The van der Waals surface area contributed by atoms with Crippen molar-refractivity contribution in [1.29, 1.82) is 0 Å². The number of carbonyl (C=O) groups excluding carboxylic acids is 1. The summed E-state index contributed by atoms with van der Waals surface area (Å²) in [5.74, 6) is 0.851. The van der Waals surface area contributed by atoms with Gasteiger partial charge in [0, 0.05) is 25.6 Å². The van der Waals surface area contributed by atoms with E-state index in [9.17, 15) is 13.2 Å². The van der Waals surface area contributed by atoms with E-state index in [0.29, 0.717) is 19.0 Å². The molecule has 0 radical (unpaired) electrons. The van der Waals surface area contributed by atoms with Gasteiger partial charge in [0.25, 0.3) is 0 Å². The fourth-order valence-electron chi connectivity index (χ4n) is 3.61. The highest BCUT2D eigenvalue weighted by Crippen LogP contribution is 2.23. The molecule has 152 valence electrons. The number of sulfonamides is 1. The van der Waals surface area contributed by atoms with Crippen LogP contribution in [0.4, 0.5) is 0 Å². The van der Waals surface area contributed by atoms with Crippen molar-refractivity contribution < 1.29 is 13.2 Å². The second-order valence-electron chi connectivity index (χ2n) is 7.66. The number of amides is 1. The molecule has 1 aromatic rings. The zero-order valence-electron chi connectivity index (χ0n) is 16.0. The molecule has 2 atom stereocenters. The number of hydrogen-bond donors (Lipinski definition) is 2. The number of likely N-dealkylation sites (tertiary alicyclic amines) is 1. The molecule has 2 saturated heterocycles. The summed E-state index contributed by atoms with van der Waals surface area (Å²) in [5.41, 5.74) is 1.03. The van der Waals surface area contributed by atoms with Crippen LogP contribution in [0.3, 0.4) is 0 Å². The topological polar surface area (TPSA) is 78.5 Å². The van der Waals surface area contributed by atoms with Gasteiger partial charge in [0.1, 0.15) is 0 Å². The van der Waals surface area contributed by atoms with E-state index in [2.05, 4.69) is 10.0 Å². The molecule has 8 heteroatoms. The van der Waals surface area contributed by atoms with Crippen LogP contribution in [0.25, 0.3) is 0 Å². The molecule has 2 N–H and O–H groups in total. The number of hydrogen-bond acceptors (Lipinski definition) is 4. The van der Waals surface area contributed by atoms with Crippen LogP contribution < -0.4 is 10.0 Å². The van der Waals surface area contributed by atoms with Crippen molar-refractivity contribution in [2.75, 3.05) is 32.7 Å². The van der Waals surface area contributed by atoms with Crippen molar-refractivity contribution in [3.63, 3.8) is 0 Å². The second kappa shape index (κ2) is 9.37. The molecule has 3 rings (SSSR count). The number of rotatable bonds is 6. The lowest BCUT2D eigenvalue weighted by atomic mass is 9.87. The van der Waals surface area contributed by atoms with E-state index >= 15 is 0 Å². The normalized spacial score (nSPS) is 21.9. The molecular weight excluding hydrogens is 386 g/mol. The Labute approximate surface area is 168 Å². The molecule has 27 heavy (non-hydrogen) atoms. The maximum atomic E-state index is 12.7. The van der Waals surface area contributed by atoms with Gasteiger partial charge in [-0.1, -0.05) is 24.6 Å². The van der Waals surface area contributed by atoms with Gasteiger partial charge in [-0.2, -0.15) is 0 Å². The lowest BCUT2D eigenvalue weighted by Gasteiger charge is -2.38. The molecule has 6 nitrogen and oxygen atoms in total. The minimum Gasteiger partial charge on any atom is -0.342 e. The Morgan fingerprint density at radius 3 is 2.56 bits per heavy atom. The fraction of sp³-hybridized carbons (Fsp3) is 0.632. The summed E-state index contributed by atoms with van der Waals surface area (Å²) in [6.07, 6.45) is 1.87. The molecular formula is C19H30ClN3O3S. The molecule has 2 unspecified atom stereocenters. The van der Waals surface area contributed by atoms with Gasteiger partial charge < -0.3 is 10.2 Å². The summed E-state index contributed by atoms with van der Waals surface area (Å²) in [6.45, 7) is 7.57. The summed E-state index contributed by atoms with van der Waals surface area (Å²) < 4.78 is 27.6. The van der Waals surface area contributed by atoms with Crippen LogP contribution in [0.5, 0.6) is 0 Å². The lowest BCUT2D eigenvalue weighted by molar-refractivity contribution is -0.139. The number of carbonyl (C=O) groups is 1. The van der Waals surface area contributed by atoms with Crippen LogP contribution >= 0.6 is 12.4 Å². The summed E-state index contributed by atoms with van der Waals surface area (Å²) in [7, 11) is -3.50. The van der Waals surface area contributed by atoms with E-state index in [0.717, 1.165) is 38.0 Å². The van der Waals surface area contributed by atoms with E-state index in [1.807, 2.05) is 18.7 Å². The first kappa shape index (κ1) is 22.1. The van der Waals surface area contributed by atoms with Crippen LogP contribution in [0, 0.1) is 24.7 Å². The number of aryl methyl sites for hydroxylation is 1. The Hall–Kier alpha value is -1.15. The Bertz CT molecular complexity index is 735. The summed E-state index contributed by atoms with van der Waals surface area (Å²) in [6, 6.07) is 6.85. The van der Waals surface area contributed by atoms with Crippen LogP contribution in [0.15, 0.2) is 29.2 Å². The highest BCUT2D eigenvalue weighted by Gasteiger charge is 2.33. The van der Waals surface area contributed by atoms with Crippen molar-refractivity contribution >= 4 is 28.3 Å². The smallest absolute Gasteiger partial charge is 0.240 e. The van der Waals surface area contributed by atoms with Crippen molar-refractivity contribution in [3.8, 4) is 0 Å². The molecule has 2 heterocycles. The van der Waals surface area contributed by atoms with Crippen LogP contribution in [0.1, 0.15) is 25.3 Å². The predicted molar refractivity (Wildman–Crippen MR) is 108 cm³/mol. The van der Waals surface area contributed by atoms with Gasteiger partial charge in [-0.15, -0.1) is 12.4 Å². The minimum atomic E-state index is -3.50. The molecule has 2 aliphatic heterocycles. The lowest BCUT2D eigenvalue weighted by Crippen LogP contribution is -2.52. The molecule has 1 amide bonds. The van der Waals surface area contributed by atoms with Crippen molar-refractivity contribution in [2.45, 2.75) is 31.6 Å². The number of halogens is 1. The highest BCUT2D eigenvalue weighted by atomic mass is 35.5. The fourth-order valence-corrected chi connectivity index (χ4v) is 4.73. The van der Waals surface area contributed by atoms with Crippen molar-refractivity contribution in [2.24, 2.45) is 17.8 Å². The van der Waals surface area contributed by atoms with Gasteiger partial charge in [0.05, 0.1) is 4.90 Å². The Morgan fingerprint density at radius 1 is 1.30 bits per heavy atom. The molecule has 2 fully saturated rings. The molecule has 0 bridgehead atoms. The quantitative estimate of drug-likeness (QED) is 0.742. The maximum Gasteiger partial charge on any atom is 0.240 e. The van der Waals surface area contributed by atoms with Crippen molar-refractivity contribution in [3.05, 3.63) is 29.8 Å². The molecule has 1 aromatic carbocycles. The third kappa shape index (κ3) is 5.44. The van der Waals surface area contributed by atoms with E-state index in [1.54, 1.807) is 24.3 Å². The maximum absolute atomic E-state index is 12.7. The summed E-state index contributed by atoms with van der Waals surface area (Å²) in [5, 5.41) is 3.22. The van der Waals surface area contributed by atoms with E-state index in [1.165, 1.54) is 0 Å². The Balaban J connectivity index is 0.00000261. The molecule has 2 aliphatic rings. The van der Waals surface area contributed by atoms with Gasteiger partial charge in [-0.25, -0.2) is 13.1 Å². The second-order valence-corrected chi connectivity index (χ2v) is 9.43. The highest BCUT2D eigenvalue weighted by molar-refractivity contribution is 7.89. The van der Waals surface area contributed by atoms with Crippen LogP contribution in [0.2, 0.25) is 0 Å². The zero-order chi connectivity index (χ0) is 18.7. The Morgan fingerprint density at radius 2 is 1.96 bits per heavy atom. The summed E-state index contributed by atoms with van der Waals surface area (Å²) in [4.78, 5) is 14.9. The third-order valence-electron chi connectivity index (χ3n) is 5.63. The largest absolute Gasteiger partial charge is 0.342 e. The number of nitrogens with zero attached hydrogens (tertiary/aromatic N) is 1. The summed E-state index contributed by atoms with van der Waals surface area (Å²) >= 11 is 0. The first-order valence-corrected chi connectivity index (χ1v) is 10.9. The van der Waals surface area contributed by atoms with Gasteiger partial charge in [-0.05, 0) is 56.8 Å². The molecule has 0 aliphatic carbocycles. The number of benzene rings is 1. The van der Waals surface area contributed by atoms with Gasteiger partial charge in [0.2, 0.25) is 15.9 Å². The van der Waals surface area contributed by atoms with Crippen LogP contribution in [-0.2, 0) is 14.8 Å². The number of piperidine rings is 1. The molecule has 0 saturated carbocycles. The molecule has 0 aromatic heterocycles. The van der Waals surface area contributed by atoms with Crippen molar-refractivity contribution in [1.82, 2.24) is 14.9 Å². The average Bonchev–Trinajstić information content (AvgIpc) is 2.58. The minimum absolute atomic E-state index is 0. The van der Waals surface area contributed by atoms with Crippen LogP contribution in [-0.4, -0.2) is 51.9 Å². The standard InChI is InChI=1S/C19H29N3O3S.ClH/c1-14-5-7-18(8-6-14)26(24,25)21-10-16-4-3-9-22(13-16)19(23)15(2)17-11-20-12-17;/h5-8,15-17,20-21H,3-4,9-13H2,1-2H3;1H. The average molecular weight is 416 g/mol. The third-order valence-corrected chi connectivity index (χ3v) is 7.07. The van der Waals surface area contributed by atoms with Gasteiger partial charge >= 0.3 is 0 Å². The van der Waals surface area contributed by atoms with E-state index in [4.69, 9.17) is 0 Å². The van der Waals surface area contributed by atoms with Gasteiger partial charge in [0.15, 0.2) is 0 Å². The number of nitrogens with one attached hydrogen (secondary N) is 2.